The molecule has 0 spiro atoms. The quantitative estimate of drug-likeness (QED) is 0.250. The predicted octanol–water partition coefficient (Wildman–Crippen LogP) is 3.86. The Balaban J connectivity index is 3.30. The summed E-state index contributed by atoms with van der Waals surface area (Å²) >= 11 is 0. The van der Waals surface area contributed by atoms with Crippen molar-refractivity contribution in [1.82, 2.24) is 16.0 Å². The maximum atomic E-state index is 11.6. The number of amides is 2. The van der Waals surface area contributed by atoms with Gasteiger partial charge in [0.25, 0.3) is 0 Å². The van der Waals surface area contributed by atoms with Gasteiger partial charge in [-0.3, -0.25) is 9.59 Å². The Labute approximate surface area is 166 Å². The van der Waals surface area contributed by atoms with Gasteiger partial charge in [0.1, 0.15) is 0 Å². The Morgan fingerprint density at radius 1 is 0.630 bits per heavy atom. The maximum absolute atomic E-state index is 11.6. The van der Waals surface area contributed by atoms with Crippen LogP contribution in [0.4, 0.5) is 0 Å². The number of allylic oxidation sites excluding steroid dienone is 4. The summed E-state index contributed by atoms with van der Waals surface area (Å²) in [6.07, 6.45) is 17.6. The van der Waals surface area contributed by atoms with Crippen molar-refractivity contribution in [2.75, 3.05) is 26.2 Å². The van der Waals surface area contributed by atoms with Gasteiger partial charge in [-0.25, -0.2) is 0 Å². The third-order valence-corrected chi connectivity index (χ3v) is 4.06. The zero-order valence-corrected chi connectivity index (χ0v) is 17.5. The number of rotatable bonds is 18. The van der Waals surface area contributed by atoms with Gasteiger partial charge in [-0.05, 0) is 64.5 Å². The van der Waals surface area contributed by atoms with Crippen LogP contribution in [-0.4, -0.2) is 38.0 Å². The third kappa shape index (κ3) is 20.5. The summed E-state index contributed by atoms with van der Waals surface area (Å²) in [5, 5.41) is 9.26. The summed E-state index contributed by atoms with van der Waals surface area (Å²) in [7, 11) is 0. The number of carbonyl (C=O) groups is 2. The fourth-order valence-electron chi connectivity index (χ4n) is 2.51. The molecular weight excluding hydrogens is 338 g/mol. The van der Waals surface area contributed by atoms with Crippen LogP contribution in [0, 0.1) is 0 Å². The molecule has 0 saturated carbocycles. The van der Waals surface area contributed by atoms with Gasteiger partial charge >= 0.3 is 0 Å². The molecule has 5 heteroatoms. The molecule has 0 aliphatic carbocycles. The fourth-order valence-corrected chi connectivity index (χ4v) is 2.51. The number of nitrogens with one attached hydrogen (secondary N) is 3. The summed E-state index contributed by atoms with van der Waals surface area (Å²) in [5.41, 5.74) is 0. The molecule has 0 atom stereocenters. The monoisotopic (exact) mass is 379 g/mol. The first-order valence-electron chi connectivity index (χ1n) is 10.7. The second-order valence-electron chi connectivity index (χ2n) is 6.70. The average molecular weight is 380 g/mol. The van der Waals surface area contributed by atoms with Crippen molar-refractivity contribution in [1.29, 1.82) is 0 Å². The van der Waals surface area contributed by atoms with Crippen molar-refractivity contribution in [3.05, 3.63) is 24.3 Å². The topological polar surface area (TPSA) is 70.2 Å². The van der Waals surface area contributed by atoms with Crippen LogP contribution in [0.25, 0.3) is 0 Å². The number of hydrogen-bond donors (Lipinski definition) is 3. The van der Waals surface area contributed by atoms with Crippen LogP contribution < -0.4 is 16.0 Å². The van der Waals surface area contributed by atoms with E-state index in [9.17, 15) is 9.59 Å². The highest BCUT2D eigenvalue weighted by Crippen LogP contribution is 1.98. The molecule has 0 radical (unpaired) electrons. The molecule has 2 amide bonds. The largest absolute Gasteiger partial charge is 0.356 e. The van der Waals surface area contributed by atoms with Crippen LogP contribution in [0.5, 0.6) is 0 Å². The zero-order chi connectivity index (χ0) is 20.0. The maximum Gasteiger partial charge on any atom is 0.220 e. The minimum atomic E-state index is 0.146. The summed E-state index contributed by atoms with van der Waals surface area (Å²) < 4.78 is 0. The van der Waals surface area contributed by atoms with E-state index in [2.05, 4.69) is 54.1 Å². The standard InChI is InChI=1S/C22H41N3O2/c1-3-5-7-9-11-15-21(26)24-19-13-17-23-18-14-20-25-22(27)16-12-10-8-6-4-2/h5-8,23H,3-4,9-20H2,1-2H3,(H,24,26)(H,25,27)/b7-5+,8-6+. The van der Waals surface area contributed by atoms with Crippen LogP contribution in [-0.2, 0) is 9.59 Å². The molecule has 27 heavy (non-hydrogen) atoms. The van der Waals surface area contributed by atoms with Gasteiger partial charge in [-0.2, -0.15) is 0 Å². The van der Waals surface area contributed by atoms with E-state index in [4.69, 9.17) is 0 Å². The molecule has 0 aliphatic heterocycles. The third-order valence-electron chi connectivity index (χ3n) is 4.06. The van der Waals surface area contributed by atoms with E-state index in [1.165, 1.54) is 0 Å². The Hall–Kier alpha value is -1.62. The average Bonchev–Trinajstić information content (AvgIpc) is 2.66. The second kappa shape index (κ2) is 20.7. The molecule has 0 aromatic carbocycles. The van der Waals surface area contributed by atoms with Crippen LogP contribution in [0.1, 0.15) is 78.1 Å². The minimum absolute atomic E-state index is 0.146. The number of carbonyl (C=O) groups excluding carboxylic acids is 2. The van der Waals surface area contributed by atoms with Crippen LogP contribution >= 0.6 is 0 Å². The van der Waals surface area contributed by atoms with Crippen molar-refractivity contribution in [3.8, 4) is 0 Å². The Morgan fingerprint density at radius 2 is 1.07 bits per heavy atom. The molecule has 5 nitrogen and oxygen atoms in total. The summed E-state index contributed by atoms with van der Waals surface area (Å²) in [5.74, 6) is 0.292. The van der Waals surface area contributed by atoms with Gasteiger partial charge in [0.15, 0.2) is 0 Å². The first-order chi connectivity index (χ1) is 13.2. The predicted molar refractivity (Wildman–Crippen MR) is 115 cm³/mol. The normalized spacial score (nSPS) is 11.3. The molecule has 0 bridgehead atoms. The highest BCUT2D eigenvalue weighted by atomic mass is 16.2. The molecule has 3 N–H and O–H groups in total. The van der Waals surface area contributed by atoms with Gasteiger partial charge in [0, 0.05) is 25.9 Å². The van der Waals surface area contributed by atoms with Gasteiger partial charge in [-0.15, -0.1) is 0 Å². The van der Waals surface area contributed by atoms with E-state index in [0.717, 1.165) is 77.5 Å². The van der Waals surface area contributed by atoms with Crippen molar-refractivity contribution in [3.63, 3.8) is 0 Å². The lowest BCUT2D eigenvalue weighted by Gasteiger charge is -2.07. The van der Waals surface area contributed by atoms with Crippen LogP contribution in [0.15, 0.2) is 24.3 Å². The van der Waals surface area contributed by atoms with Gasteiger partial charge in [0.05, 0.1) is 0 Å². The number of hydrogen-bond acceptors (Lipinski definition) is 3. The van der Waals surface area contributed by atoms with Crippen molar-refractivity contribution in [2.45, 2.75) is 78.1 Å². The Kier molecular flexibility index (Phi) is 19.4. The van der Waals surface area contributed by atoms with Gasteiger partial charge in [-0.1, -0.05) is 38.2 Å². The Bertz CT molecular complexity index is 382. The van der Waals surface area contributed by atoms with Crippen molar-refractivity contribution < 1.29 is 9.59 Å². The van der Waals surface area contributed by atoms with Crippen LogP contribution in [0.3, 0.4) is 0 Å². The SMILES string of the molecule is CC/C=C/CCCC(=O)NCCCNCCCNC(=O)CCC/C=C/CC. The van der Waals surface area contributed by atoms with E-state index in [1.54, 1.807) is 0 Å². The van der Waals surface area contributed by atoms with E-state index in [-0.39, 0.29) is 11.8 Å². The molecule has 0 rings (SSSR count). The summed E-state index contributed by atoms with van der Waals surface area (Å²) in [4.78, 5) is 23.3. The lowest BCUT2D eigenvalue weighted by molar-refractivity contribution is -0.122. The zero-order valence-electron chi connectivity index (χ0n) is 17.5. The molecule has 0 heterocycles. The molecule has 156 valence electrons. The van der Waals surface area contributed by atoms with E-state index in [0.29, 0.717) is 12.8 Å². The van der Waals surface area contributed by atoms with Gasteiger partial charge < -0.3 is 16.0 Å². The fraction of sp³-hybridized carbons (Fsp3) is 0.727. The van der Waals surface area contributed by atoms with E-state index in [1.807, 2.05) is 0 Å². The molecule has 0 unspecified atom stereocenters. The molecule has 0 aliphatic rings. The minimum Gasteiger partial charge on any atom is -0.356 e. The lowest BCUT2D eigenvalue weighted by Crippen LogP contribution is -2.29. The van der Waals surface area contributed by atoms with E-state index >= 15 is 0 Å². The smallest absolute Gasteiger partial charge is 0.220 e. The lowest BCUT2D eigenvalue weighted by atomic mass is 10.2. The number of unbranched alkanes of at least 4 members (excludes halogenated alkanes) is 2. The van der Waals surface area contributed by atoms with Gasteiger partial charge in [0.2, 0.25) is 11.8 Å². The second-order valence-corrected chi connectivity index (χ2v) is 6.70. The Morgan fingerprint density at radius 3 is 1.48 bits per heavy atom. The van der Waals surface area contributed by atoms with E-state index < -0.39 is 0 Å². The summed E-state index contributed by atoms with van der Waals surface area (Å²) in [6.45, 7) is 7.44. The molecular formula is C22H41N3O2. The first-order valence-corrected chi connectivity index (χ1v) is 10.7. The van der Waals surface area contributed by atoms with Crippen molar-refractivity contribution in [2.24, 2.45) is 0 Å². The molecule has 0 fully saturated rings. The first kappa shape index (κ1) is 25.4. The summed E-state index contributed by atoms with van der Waals surface area (Å²) in [6, 6.07) is 0. The molecule has 0 aromatic heterocycles. The highest BCUT2D eigenvalue weighted by Gasteiger charge is 2.00. The van der Waals surface area contributed by atoms with Crippen molar-refractivity contribution >= 4 is 11.8 Å². The highest BCUT2D eigenvalue weighted by molar-refractivity contribution is 5.76. The van der Waals surface area contributed by atoms with Crippen LogP contribution in [0.2, 0.25) is 0 Å². The molecule has 0 saturated heterocycles. The molecule has 0 aromatic rings.